The number of para-hydroxylation sites is 1. The number of aryl methyl sites for hydroxylation is 1. The maximum Gasteiger partial charge on any atom is 0.310 e. The summed E-state index contributed by atoms with van der Waals surface area (Å²) in [5.74, 6) is -0.0813. The van der Waals surface area contributed by atoms with E-state index in [2.05, 4.69) is 10.4 Å². The van der Waals surface area contributed by atoms with Crippen LogP contribution in [0.4, 0.5) is 11.4 Å². The van der Waals surface area contributed by atoms with Crippen LogP contribution in [-0.2, 0) is 11.8 Å². The van der Waals surface area contributed by atoms with E-state index in [4.69, 9.17) is 9.47 Å². The summed E-state index contributed by atoms with van der Waals surface area (Å²) >= 11 is 0. The standard InChI is InChI=1S/C16H16N4O5/c1-19-16(23)13-11(14(21)18-19)17-10-4-2-3-9(12(10)25-13)15(22)20-5-7-24-8-6-20/h2-4,17H,5-8H2,1H3,(H,18,21). The van der Waals surface area contributed by atoms with Crippen LogP contribution in [0.5, 0.6) is 11.5 Å². The highest BCUT2D eigenvalue weighted by Crippen LogP contribution is 2.40. The van der Waals surface area contributed by atoms with Crippen LogP contribution in [0.2, 0.25) is 0 Å². The lowest BCUT2D eigenvalue weighted by Crippen LogP contribution is -2.41. The molecule has 0 spiro atoms. The lowest BCUT2D eigenvalue weighted by Gasteiger charge is -2.29. The smallest absolute Gasteiger partial charge is 0.310 e. The highest BCUT2D eigenvalue weighted by molar-refractivity contribution is 6.00. The summed E-state index contributed by atoms with van der Waals surface area (Å²) in [5.41, 5.74) is -0.147. The van der Waals surface area contributed by atoms with E-state index in [-0.39, 0.29) is 23.1 Å². The van der Waals surface area contributed by atoms with Crippen molar-refractivity contribution in [1.29, 1.82) is 0 Å². The first-order valence-electron chi connectivity index (χ1n) is 7.84. The Kier molecular flexibility index (Phi) is 3.57. The molecule has 130 valence electrons. The van der Waals surface area contributed by atoms with Gasteiger partial charge in [-0.05, 0) is 12.1 Å². The number of hydrogen-bond donors (Lipinski definition) is 2. The molecule has 1 saturated heterocycles. The number of morpholine rings is 1. The molecule has 4 rings (SSSR count). The topological polar surface area (TPSA) is 106 Å². The number of aromatic nitrogens is 2. The number of ether oxygens (including phenoxy) is 2. The Balaban J connectivity index is 1.78. The van der Waals surface area contributed by atoms with Gasteiger partial charge in [0.2, 0.25) is 5.75 Å². The molecule has 2 N–H and O–H groups in total. The Morgan fingerprint density at radius 1 is 1.16 bits per heavy atom. The molecule has 1 aromatic heterocycles. The third kappa shape index (κ3) is 2.49. The van der Waals surface area contributed by atoms with Crippen molar-refractivity contribution >= 4 is 17.3 Å². The molecule has 2 aliphatic rings. The van der Waals surface area contributed by atoms with Crippen LogP contribution in [-0.4, -0.2) is 46.9 Å². The Morgan fingerprint density at radius 2 is 1.92 bits per heavy atom. The van der Waals surface area contributed by atoms with Gasteiger partial charge in [0.1, 0.15) is 0 Å². The number of rotatable bonds is 1. The first kappa shape index (κ1) is 15.5. The fraction of sp³-hybridized carbons (Fsp3) is 0.312. The molecule has 0 radical (unpaired) electrons. The molecule has 1 fully saturated rings. The summed E-state index contributed by atoms with van der Waals surface area (Å²) in [6, 6.07) is 5.02. The van der Waals surface area contributed by atoms with Gasteiger partial charge < -0.3 is 19.7 Å². The zero-order valence-corrected chi connectivity index (χ0v) is 13.5. The molecule has 9 nitrogen and oxygen atoms in total. The average molecular weight is 344 g/mol. The summed E-state index contributed by atoms with van der Waals surface area (Å²) in [6.45, 7) is 1.96. The zero-order valence-electron chi connectivity index (χ0n) is 13.5. The number of fused-ring (bicyclic) bond motifs is 2. The Labute approximate surface area is 141 Å². The summed E-state index contributed by atoms with van der Waals surface area (Å²) in [5, 5.41) is 5.30. The second-order valence-corrected chi connectivity index (χ2v) is 5.82. The minimum Gasteiger partial charge on any atom is -0.446 e. The molecule has 0 bridgehead atoms. The van der Waals surface area contributed by atoms with Crippen molar-refractivity contribution in [1.82, 2.24) is 14.7 Å². The summed E-state index contributed by atoms with van der Waals surface area (Å²) in [6.07, 6.45) is 0. The fourth-order valence-corrected chi connectivity index (χ4v) is 2.92. The van der Waals surface area contributed by atoms with Crippen molar-refractivity contribution < 1.29 is 14.3 Å². The molecule has 0 saturated carbocycles. The highest BCUT2D eigenvalue weighted by atomic mass is 16.5. The van der Waals surface area contributed by atoms with Crippen molar-refractivity contribution in [2.24, 2.45) is 7.05 Å². The lowest BCUT2D eigenvalue weighted by atomic mass is 10.1. The third-order valence-corrected chi connectivity index (χ3v) is 4.23. The van der Waals surface area contributed by atoms with E-state index in [1.54, 1.807) is 23.1 Å². The Morgan fingerprint density at radius 3 is 2.68 bits per heavy atom. The van der Waals surface area contributed by atoms with Crippen LogP contribution >= 0.6 is 0 Å². The maximum atomic E-state index is 12.8. The zero-order chi connectivity index (χ0) is 17.6. The van der Waals surface area contributed by atoms with Crippen molar-refractivity contribution in [2.45, 2.75) is 0 Å². The number of carbonyl (C=O) groups is 1. The van der Waals surface area contributed by atoms with Crippen LogP contribution < -0.4 is 21.2 Å². The summed E-state index contributed by atoms with van der Waals surface area (Å²) in [7, 11) is 1.42. The third-order valence-electron chi connectivity index (χ3n) is 4.23. The summed E-state index contributed by atoms with van der Waals surface area (Å²) < 4.78 is 12.0. The molecule has 9 heteroatoms. The molecule has 2 aromatic rings. The first-order valence-corrected chi connectivity index (χ1v) is 7.84. The molecule has 3 heterocycles. The van der Waals surface area contributed by atoms with Crippen LogP contribution in [0, 0.1) is 0 Å². The minimum atomic E-state index is -0.499. The predicted molar refractivity (Wildman–Crippen MR) is 88.8 cm³/mol. The number of carbonyl (C=O) groups excluding carboxylic acids is 1. The van der Waals surface area contributed by atoms with Crippen molar-refractivity contribution in [3.05, 3.63) is 44.5 Å². The molecular formula is C16H16N4O5. The lowest BCUT2D eigenvalue weighted by molar-refractivity contribution is 0.0301. The van der Waals surface area contributed by atoms with Crippen LogP contribution in [0.15, 0.2) is 27.8 Å². The van der Waals surface area contributed by atoms with E-state index in [0.29, 0.717) is 37.6 Å². The van der Waals surface area contributed by atoms with Gasteiger partial charge in [0.15, 0.2) is 11.4 Å². The van der Waals surface area contributed by atoms with E-state index in [1.165, 1.54) is 7.05 Å². The SMILES string of the molecule is Cn1[nH]c(=O)c2c(c1=O)Oc1c(cccc1C(=O)N1CCOCC1)N2. The van der Waals surface area contributed by atoms with Gasteiger partial charge in [-0.2, -0.15) is 0 Å². The van der Waals surface area contributed by atoms with E-state index in [1.807, 2.05) is 0 Å². The van der Waals surface area contributed by atoms with Gasteiger partial charge in [0, 0.05) is 20.1 Å². The van der Waals surface area contributed by atoms with Gasteiger partial charge in [-0.3, -0.25) is 24.2 Å². The predicted octanol–water partition coefficient (Wildman–Crippen LogP) is 0.395. The molecule has 0 unspecified atom stereocenters. The normalized spacial score (nSPS) is 15.6. The van der Waals surface area contributed by atoms with Crippen molar-refractivity contribution in [3.8, 4) is 11.5 Å². The number of amides is 1. The van der Waals surface area contributed by atoms with E-state index < -0.39 is 11.1 Å². The molecule has 1 amide bonds. The number of anilines is 2. The molecular weight excluding hydrogens is 328 g/mol. The molecule has 0 aliphatic carbocycles. The van der Waals surface area contributed by atoms with Crippen molar-refractivity contribution in [3.63, 3.8) is 0 Å². The Bertz CT molecular complexity index is 971. The van der Waals surface area contributed by atoms with Gasteiger partial charge in [-0.1, -0.05) is 6.07 Å². The van der Waals surface area contributed by atoms with E-state index in [0.717, 1.165) is 4.68 Å². The molecule has 1 aromatic carbocycles. The van der Waals surface area contributed by atoms with Crippen molar-refractivity contribution in [2.75, 3.05) is 31.6 Å². The van der Waals surface area contributed by atoms with Gasteiger partial charge in [-0.25, -0.2) is 0 Å². The second-order valence-electron chi connectivity index (χ2n) is 5.82. The molecule has 0 atom stereocenters. The second kappa shape index (κ2) is 5.78. The van der Waals surface area contributed by atoms with E-state index in [9.17, 15) is 14.4 Å². The monoisotopic (exact) mass is 344 g/mol. The van der Waals surface area contributed by atoms with Gasteiger partial charge in [0.05, 0.1) is 24.5 Å². The fourth-order valence-electron chi connectivity index (χ4n) is 2.92. The maximum absolute atomic E-state index is 12.8. The number of nitrogens with one attached hydrogen (secondary N) is 2. The molecule has 25 heavy (non-hydrogen) atoms. The minimum absolute atomic E-state index is 0.0339. The first-order chi connectivity index (χ1) is 12.1. The molecule has 2 aliphatic heterocycles. The van der Waals surface area contributed by atoms with E-state index >= 15 is 0 Å². The number of H-pyrrole nitrogens is 1. The number of hydrogen-bond acceptors (Lipinski definition) is 6. The van der Waals surface area contributed by atoms with Gasteiger partial charge in [-0.15, -0.1) is 0 Å². The highest BCUT2D eigenvalue weighted by Gasteiger charge is 2.29. The van der Waals surface area contributed by atoms with Crippen LogP contribution in [0.3, 0.4) is 0 Å². The number of benzene rings is 1. The largest absolute Gasteiger partial charge is 0.446 e. The van der Waals surface area contributed by atoms with Crippen LogP contribution in [0.25, 0.3) is 0 Å². The van der Waals surface area contributed by atoms with Gasteiger partial charge >= 0.3 is 5.56 Å². The van der Waals surface area contributed by atoms with Crippen LogP contribution in [0.1, 0.15) is 10.4 Å². The Hall–Kier alpha value is -3.07. The quantitative estimate of drug-likeness (QED) is 0.662. The average Bonchev–Trinajstić information content (AvgIpc) is 2.64. The number of nitrogens with zero attached hydrogens (tertiary/aromatic N) is 2. The summed E-state index contributed by atoms with van der Waals surface area (Å²) in [4.78, 5) is 38.8. The van der Waals surface area contributed by atoms with Gasteiger partial charge in [0.25, 0.3) is 11.5 Å². The number of aromatic amines is 1.